The number of hydrogen-bond acceptors (Lipinski definition) is 6. The molecule has 0 aliphatic carbocycles. The number of Topliss-reactive ketones (excluding diaryl/α,β-unsaturated/α-hetero) is 1. The number of anilines is 1. The van der Waals surface area contributed by atoms with Crippen LogP contribution in [0, 0.1) is 30.9 Å². The predicted octanol–water partition coefficient (Wildman–Crippen LogP) is 4.77. The molecule has 2 aromatic carbocycles. The van der Waals surface area contributed by atoms with E-state index in [0.717, 1.165) is 22.8 Å². The van der Waals surface area contributed by atoms with Gasteiger partial charge in [-0.3, -0.25) is 14.9 Å². The molecular formula is C21H21F3N2O5. The molecule has 2 rings (SSSR count). The molecule has 1 unspecified atom stereocenters. The molecule has 0 aliphatic rings. The molecule has 1 atom stereocenters. The summed E-state index contributed by atoms with van der Waals surface area (Å²) in [5.41, 5.74) is 0.766. The van der Waals surface area contributed by atoms with Crippen LogP contribution in [0.2, 0.25) is 0 Å². The normalized spacial score (nSPS) is 12.2. The summed E-state index contributed by atoms with van der Waals surface area (Å²) in [6, 6.07) is 4.32. The number of hydrogen-bond donors (Lipinski definition) is 1. The highest BCUT2D eigenvalue weighted by molar-refractivity contribution is 5.99. The van der Waals surface area contributed by atoms with Crippen molar-refractivity contribution in [1.82, 2.24) is 0 Å². The zero-order valence-corrected chi connectivity index (χ0v) is 17.3. The first-order chi connectivity index (χ1) is 14.3. The first kappa shape index (κ1) is 23.8. The molecule has 10 heteroatoms. The van der Waals surface area contributed by atoms with E-state index in [-0.39, 0.29) is 5.69 Å². The van der Waals surface area contributed by atoms with Crippen LogP contribution in [0.3, 0.4) is 0 Å². The van der Waals surface area contributed by atoms with Crippen LogP contribution in [0.4, 0.5) is 24.5 Å². The van der Waals surface area contributed by atoms with Gasteiger partial charge >= 0.3 is 12.1 Å². The Kier molecular flexibility index (Phi) is 7.04. The molecule has 0 amide bonds. The maximum absolute atomic E-state index is 12.8. The number of benzene rings is 2. The second-order valence-corrected chi connectivity index (χ2v) is 7.14. The number of ketones is 1. The van der Waals surface area contributed by atoms with E-state index in [1.54, 1.807) is 13.0 Å². The molecule has 7 nitrogen and oxygen atoms in total. The minimum Gasteiger partial charge on any atom is -0.456 e. The summed E-state index contributed by atoms with van der Waals surface area (Å²) in [6.07, 6.45) is -4.75. The molecule has 0 radical (unpaired) electrons. The summed E-state index contributed by atoms with van der Waals surface area (Å²) in [7, 11) is 0. The Labute approximate surface area is 176 Å². The van der Waals surface area contributed by atoms with Crippen molar-refractivity contribution in [2.75, 3.05) is 11.9 Å². The quantitative estimate of drug-likeness (QED) is 0.290. The first-order valence-electron chi connectivity index (χ1n) is 9.21. The second-order valence-electron chi connectivity index (χ2n) is 7.14. The van der Waals surface area contributed by atoms with Gasteiger partial charge in [-0.25, -0.2) is 4.79 Å². The van der Waals surface area contributed by atoms with Crippen LogP contribution < -0.4 is 5.32 Å². The van der Waals surface area contributed by atoms with Gasteiger partial charge in [0.2, 0.25) is 5.78 Å². The smallest absolute Gasteiger partial charge is 0.416 e. The van der Waals surface area contributed by atoms with E-state index in [0.29, 0.717) is 17.7 Å². The molecule has 0 heterocycles. The molecule has 0 saturated carbocycles. The Hall–Kier alpha value is -3.43. The summed E-state index contributed by atoms with van der Waals surface area (Å²) in [4.78, 5) is 34.8. The third kappa shape index (κ3) is 5.80. The van der Waals surface area contributed by atoms with Crippen LogP contribution in [0.25, 0.3) is 0 Å². The Morgan fingerprint density at radius 2 is 1.71 bits per heavy atom. The summed E-state index contributed by atoms with van der Waals surface area (Å²) in [5.74, 6) is -1.30. The van der Waals surface area contributed by atoms with Gasteiger partial charge in [-0.2, -0.15) is 13.2 Å². The average molecular weight is 438 g/mol. The number of carbonyl (C=O) groups excluding carboxylic acids is 2. The summed E-state index contributed by atoms with van der Waals surface area (Å²) in [5, 5.41) is 13.6. The van der Waals surface area contributed by atoms with Gasteiger partial charge < -0.3 is 10.1 Å². The van der Waals surface area contributed by atoms with Crippen molar-refractivity contribution >= 4 is 23.1 Å². The van der Waals surface area contributed by atoms with Crippen LogP contribution >= 0.6 is 0 Å². The first-order valence-corrected chi connectivity index (χ1v) is 9.21. The zero-order valence-electron chi connectivity index (χ0n) is 17.3. The molecule has 0 spiro atoms. The van der Waals surface area contributed by atoms with E-state index < -0.39 is 46.8 Å². The Morgan fingerprint density at radius 1 is 1.10 bits per heavy atom. The molecule has 0 bridgehead atoms. The Morgan fingerprint density at radius 3 is 2.29 bits per heavy atom. The molecule has 166 valence electrons. The lowest BCUT2D eigenvalue weighted by Crippen LogP contribution is -2.30. The number of alkyl halides is 3. The second kappa shape index (κ2) is 9.15. The summed E-state index contributed by atoms with van der Waals surface area (Å²) >= 11 is 0. The van der Waals surface area contributed by atoms with Crippen LogP contribution in [0.15, 0.2) is 30.3 Å². The van der Waals surface area contributed by atoms with E-state index >= 15 is 0 Å². The molecule has 1 N–H and O–H groups in total. The minimum absolute atomic E-state index is 0.279. The predicted molar refractivity (Wildman–Crippen MR) is 107 cm³/mol. The van der Waals surface area contributed by atoms with Crippen molar-refractivity contribution in [1.29, 1.82) is 0 Å². The average Bonchev–Trinajstić information content (AvgIpc) is 2.67. The van der Waals surface area contributed by atoms with Gasteiger partial charge in [-0.1, -0.05) is 6.07 Å². The summed E-state index contributed by atoms with van der Waals surface area (Å²) < 4.78 is 43.4. The molecule has 0 fully saturated rings. The maximum Gasteiger partial charge on any atom is 0.416 e. The number of esters is 1. The van der Waals surface area contributed by atoms with Gasteiger partial charge in [0.05, 0.1) is 10.5 Å². The van der Waals surface area contributed by atoms with Gasteiger partial charge in [-0.15, -0.1) is 0 Å². The van der Waals surface area contributed by atoms with Gasteiger partial charge in [0.15, 0.2) is 6.61 Å². The maximum atomic E-state index is 12.8. The highest BCUT2D eigenvalue weighted by Crippen LogP contribution is 2.35. The number of halogens is 3. The van der Waals surface area contributed by atoms with Crippen molar-refractivity contribution < 1.29 is 32.4 Å². The summed E-state index contributed by atoms with van der Waals surface area (Å²) in [6.45, 7) is 6.29. The number of rotatable bonds is 7. The van der Waals surface area contributed by atoms with E-state index in [4.69, 9.17) is 4.74 Å². The Balaban J connectivity index is 2.08. The molecule has 31 heavy (non-hydrogen) atoms. The highest BCUT2D eigenvalue weighted by atomic mass is 19.4. The van der Waals surface area contributed by atoms with Crippen molar-refractivity contribution in [3.63, 3.8) is 0 Å². The fourth-order valence-electron chi connectivity index (χ4n) is 2.87. The van der Waals surface area contributed by atoms with Crippen molar-refractivity contribution in [2.45, 2.75) is 39.9 Å². The number of ether oxygens (including phenoxy) is 1. The lowest BCUT2D eigenvalue weighted by atomic mass is 9.98. The van der Waals surface area contributed by atoms with Gasteiger partial charge in [-0.05, 0) is 62.6 Å². The molecule has 0 aromatic heterocycles. The van der Waals surface area contributed by atoms with E-state index in [1.807, 2.05) is 19.9 Å². The zero-order chi connectivity index (χ0) is 23.5. The number of carbonyl (C=O) groups is 2. The number of aryl methyl sites for hydroxylation is 3. The molecule has 0 aliphatic heterocycles. The van der Waals surface area contributed by atoms with E-state index in [2.05, 4.69) is 5.32 Å². The number of nitro groups is 1. The van der Waals surface area contributed by atoms with Crippen LogP contribution in [-0.2, 0) is 15.7 Å². The molecular weight excluding hydrogens is 417 g/mol. The van der Waals surface area contributed by atoms with Crippen LogP contribution in [0.5, 0.6) is 0 Å². The van der Waals surface area contributed by atoms with Gasteiger partial charge in [0.1, 0.15) is 11.7 Å². The number of nitrogens with one attached hydrogen (secondary N) is 1. The third-order valence-electron chi connectivity index (χ3n) is 4.73. The van der Waals surface area contributed by atoms with E-state index in [9.17, 15) is 32.9 Å². The largest absolute Gasteiger partial charge is 0.456 e. The third-order valence-corrected chi connectivity index (χ3v) is 4.73. The topological polar surface area (TPSA) is 98.5 Å². The fraction of sp³-hybridized carbons (Fsp3) is 0.333. The SMILES string of the molecule is Cc1cc(C)c(C(=O)COC(=O)C(C)Nc2ccc(C(F)(F)F)cc2[N+](=O)[O-])cc1C. The monoisotopic (exact) mass is 438 g/mol. The standard InChI is InChI=1S/C21H21F3N2O5/c1-11-7-13(3)16(8-12(11)2)19(27)10-31-20(28)14(4)25-17-6-5-15(21(22,23)24)9-18(17)26(29)30/h5-9,14,25H,10H2,1-4H3. The van der Waals surface area contributed by atoms with Crippen LogP contribution in [0.1, 0.15) is 39.5 Å². The van der Waals surface area contributed by atoms with Gasteiger partial charge in [0.25, 0.3) is 5.69 Å². The van der Waals surface area contributed by atoms with Crippen LogP contribution in [-0.4, -0.2) is 29.3 Å². The van der Waals surface area contributed by atoms with Crippen molar-refractivity contribution in [3.05, 3.63) is 68.3 Å². The van der Waals surface area contributed by atoms with Crippen molar-refractivity contribution in [2.24, 2.45) is 0 Å². The lowest BCUT2D eigenvalue weighted by molar-refractivity contribution is -0.384. The number of nitro benzene ring substituents is 1. The minimum atomic E-state index is -4.75. The molecule has 2 aromatic rings. The fourth-order valence-corrected chi connectivity index (χ4v) is 2.87. The number of nitrogens with zero attached hydrogens (tertiary/aromatic N) is 1. The lowest BCUT2D eigenvalue weighted by Gasteiger charge is -2.16. The Bertz CT molecular complexity index is 1030. The highest BCUT2D eigenvalue weighted by Gasteiger charge is 2.33. The van der Waals surface area contributed by atoms with Gasteiger partial charge in [0, 0.05) is 11.6 Å². The van der Waals surface area contributed by atoms with E-state index in [1.165, 1.54) is 6.92 Å². The van der Waals surface area contributed by atoms with Crippen molar-refractivity contribution in [3.8, 4) is 0 Å². The molecule has 0 saturated heterocycles.